The van der Waals surface area contributed by atoms with Gasteiger partial charge < -0.3 is 9.72 Å². The summed E-state index contributed by atoms with van der Waals surface area (Å²) in [6, 6.07) is 12.5. The first-order chi connectivity index (χ1) is 11.6. The van der Waals surface area contributed by atoms with Gasteiger partial charge in [0, 0.05) is 10.4 Å². The minimum Gasteiger partial charge on any atom is -0.461 e. The summed E-state index contributed by atoms with van der Waals surface area (Å²) in [5.41, 5.74) is 1.77. The predicted octanol–water partition coefficient (Wildman–Crippen LogP) is 6.07. The lowest BCUT2D eigenvalue weighted by molar-refractivity contribution is 0.0521. The van der Waals surface area contributed by atoms with E-state index in [2.05, 4.69) is 15.2 Å². The van der Waals surface area contributed by atoms with Gasteiger partial charge in [-0.05, 0) is 31.2 Å². The van der Waals surface area contributed by atoms with E-state index in [0.717, 1.165) is 0 Å². The van der Waals surface area contributed by atoms with Crippen molar-refractivity contribution in [3.63, 3.8) is 0 Å². The fraction of sp³-hybridized carbons (Fsp3) is 0.118. The van der Waals surface area contributed by atoms with Crippen LogP contribution in [0.1, 0.15) is 17.4 Å². The molecule has 24 heavy (non-hydrogen) atoms. The highest BCUT2D eigenvalue weighted by molar-refractivity contribution is 6.39. The van der Waals surface area contributed by atoms with Crippen LogP contribution in [0.3, 0.4) is 0 Å². The average Bonchev–Trinajstić information content (AvgIpc) is 2.93. The zero-order chi connectivity index (χ0) is 17.1. The summed E-state index contributed by atoms with van der Waals surface area (Å²) in [5.74, 6) is -0.525. The Morgan fingerprint density at radius 2 is 1.92 bits per heavy atom. The van der Waals surface area contributed by atoms with Crippen LogP contribution < -0.4 is 0 Å². The number of aromatic nitrogens is 1. The number of ether oxygens (including phenoxy) is 1. The molecule has 0 aliphatic carbocycles. The fourth-order valence-electron chi connectivity index (χ4n) is 2.29. The number of azo groups is 1. The Morgan fingerprint density at radius 3 is 2.62 bits per heavy atom. The van der Waals surface area contributed by atoms with Crippen molar-refractivity contribution in [2.45, 2.75) is 6.92 Å². The number of rotatable bonds is 4. The van der Waals surface area contributed by atoms with Crippen molar-refractivity contribution in [2.75, 3.05) is 6.61 Å². The molecule has 0 radical (unpaired) electrons. The van der Waals surface area contributed by atoms with Gasteiger partial charge in [0.25, 0.3) is 0 Å². The molecule has 0 unspecified atom stereocenters. The third kappa shape index (κ3) is 3.27. The average molecular weight is 362 g/mol. The number of carbonyl (C=O) groups is 1. The van der Waals surface area contributed by atoms with E-state index in [1.807, 2.05) is 18.2 Å². The van der Waals surface area contributed by atoms with E-state index in [4.69, 9.17) is 27.9 Å². The van der Waals surface area contributed by atoms with Crippen LogP contribution in [0.4, 0.5) is 11.4 Å². The van der Waals surface area contributed by atoms with E-state index < -0.39 is 5.97 Å². The quantitative estimate of drug-likeness (QED) is 0.452. The number of aromatic amines is 1. The van der Waals surface area contributed by atoms with Crippen molar-refractivity contribution in [1.82, 2.24) is 4.98 Å². The number of fused-ring (bicyclic) bond motifs is 1. The molecular formula is C17H13Cl2N3O2. The van der Waals surface area contributed by atoms with Crippen LogP contribution >= 0.6 is 23.2 Å². The number of halogens is 2. The maximum atomic E-state index is 12.2. The van der Waals surface area contributed by atoms with Crippen LogP contribution in [0, 0.1) is 0 Å². The van der Waals surface area contributed by atoms with Gasteiger partial charge in [0.1, 0.15) is 5.69 Å². The van der Waals surface area contributed by atoms with Crippen LogP contribution in [-0.4, -0.2) is 17.6 Å². The molecule has 7 heteroatoms. The SMILES string of the molecule is CCOC(=O)c1[nH]c2cc(Cl)cc(Cl)c2c1N=Nc1ccccc1. The molecular weight excluding hydrogens is 349 g/mol. The normalized spacial score (nSPS) is 11.3. The van der Waals surface area contributed by atoms with Gasteiger partial charge in [0.2, 0.25) is 0 Å². The van der Waals surface area contributed by atoms with Crippen molar-refractivity contribution < 1.29 is 9.53 Å². The second-order valence-corrected chi connectivity index (χ2v) is 5.76. The molecule has 0 fully saturated rings. The molecule has 0 atom stereocenters. The maximum Gasteiger partial charge on any atom is 0.357 e. The van der Waals surface area contributed by atoms with Gasteiger partial charge in [-0.3, -0.25) is 0 Å². The Morgan fingerprint density at radius 1 is 1.17 bits per heavy atom. The first kappa shape index (κ1) is 16.5. The van der Waals surface area contributed by atoms with E-state index >= 15 is 0 Å². The molecule has 0 aliphatic heterocycles. The molecule has 5 nitrogen and oxygen atoms in total. The minimum absolute atomic E-state index is 0.190. The molecule has 1 heterocycles. The molecule has 122 valence electrons. The predicted molar refractivity (Wildman–Crippen MR) is 94.9 cm³/mol. The van der Waals surface area contributed by atoms with Gasteiger partial charge in [-0.25, -0.2) is 4.79 Å². The number of hydrogen-bond donors (Lipinski definition) is 1. The van der Waals surface area contributed by atoms with E-state index in [-0.39, 0.29) is 12.3 Å². The summed E-state index contributed by atoms with van der Waals surface area (Å²) < 4.78 is 5.07. The number of hydrogen-bond acceptors (Lipinski definition) is 4. The summed E-state index contributed by atoms with van der Waals surface area (Å²) in [7, 11) is 0. The molecule has 0 saturated heterocycles. The van der Waals surface area contributed by atoms with Crippen LogP contribution in [0.5, 0.6) is 0 Å². The number of nitrogens with zero attached hydrogens (tertiary/aromatic N) is 2. The fourth-order valence-corrected chi connectivity index (χ4v) is 2.87. The molecule has 0 bridgehead atoms. The van der Waals surface area contributed by atoms with Crippen molar-refractivity contribution in [2.24, 2.45) is 10.2 Å². The van der Waals surface area contributed by atoms with Gasteiger partial charge in [0.15, 0.2) is 5.69 Å². The van der Waals surface area contributed by atoms with Crippen molar-refractivity contribution in [3.8, 4) is 0 Å². The largest absolute Gasteiger partial charge is 0.461 e. The lowest BCUT2D eigenvalue weighted by Crippen LogP contribution is -2.05. The van der Waals surface area contributed by atoms with Crippen LogP contribution in [0.2, 0.25) is 10.0 Å². The lowest BCUT2D eigenvalue weighted by atomic mass is 10.2. The van der Waals surface area contributed by atoms with E-state index in [1.54, 1.807) is 31.2 Å². The summed E-state index contributed by atoms with van der Waals surface area (Å²) in [6.45, 7) is 1.98. The standard InChI is InChI=1S/C17H13Cl2N3O2/c1-2-24-17(23)16-15(22-21-11-6-4-3-5-7-11)14-12(19)8-10(18)9-13(14)20-16/h3-9,20H,2H2,1H3. The Bertz CT molecular complexity index is 920. The van der Waals surface area contributed by atoms with Crippen LogP contribution in [0.15, 0.2) is 52.7 Å². The van der Waals surface area contributed by atoms with Gasteiger partial charge in [-0.1, -0.05) is 41.4 Å². The molecule has 0 amide bonds. The summed E-state index contributed by atoms with van der Waals surface area (Å²) in [6.07, 6.45) is 0. The monoisotopic (exact) mass is 361 g/mol. The Labute approximate surface area is 148 Å². The minimum atomic E-state index is -0.525. The molecule has 0 saturated carbocycles. The van der Waals surface area contributed by atoms with Gasteiger partial charge in [-0.15, -0.1) is 5.11 Å². The zero-order valence-corrected chi connectivity index (χ0v) is 14.2. The highest BCUT2D eigenvalue weighted by Gasteiger charge is 2.21. The maximum absolute atomic E-state index is 12.2. The number of carbonyl (C=O) groups excluding carboxylic acids is 1. The van der Waals surface area contributed by atoms with E-state index in [1.165, 1.54) is 0 Å². The molecule has 3 rings (SSSR count). The molecule has 3 aromatic rings. The van der Waals surface area contributed by atoms with Crippen LogP contribution in [0.25, 0.3) is 10.9 Å². The Kier molecular flexibility index (Phi) is 4.83. The first-order valence-electron chi connectivity index (χ1n) is 7.24. The lowest BCUT2D eigenvalue weighted by Gasteiger charge is -2.00. The molecule has 2 aromatic carbocycles. The molecule has 1 aromatic heterocycles. The zero-order valence-electron chi connectivity index (χ0n) is 12.7. The van der Waals surface area contributed by atoms with Crippen molar-refractivity contribution in [1.29, 1.82) is 0 Å². The van der Waals surface area contributed by atoms with Crippen molar-refractivity contribution in [3.05, 3.63) is 58.2 Å². The number of benzene rings is 2. The van der Waals surface area contributed by atoms with E-state index in [9.17, 15) is 4.79 Å². The topological polar surface area (TPSA) is 66.8 Å². The third-order valence-electron chi connectivity index (χ3n) is 3.29. The number of H-pyrrole nitrogens is 1. The highest BCUT2D eigenvalue weighted by Crippen LogP contribution is 2.38. The smallest absolute Gasteiger partial charge is 0.357 e. The highest BCUT2D eigenvalue weighted by atomic mass is 35.5. The Hall–Kier alpha value is -2.37. The number of esters is 1. The number of nitrogens with one attached hydrogen (secondary N) is 1. The summed E-state index contributed by atoms with van der Waals surface area (Å²) >= 11 is 12.3. The molecule has 1 N–H and O–H groups in total. The first-order valence-corrected chi connectivity index (χ1v) is 8.00. The molecule has 0 spiro atoms. The van der Waals surface area contributed by atoms with E-state index in [0.29, 0.717) is 32.3 Å². The van der Waals surface area contributed by atoms with Gasteiger partial charge in [-0.2, -0.15) is 5.11 Å². The van der Waals surface area contributed by atoms with Crippen molar-refractivity contribution >= 4 is 51.4 Å². The van der Waals surface area contributed by atoms with Gasteiger partial charge in [0.05, 0.1) is 22.8 Å². The Balaban J connectivity index is 2.17. The second-order valence-electron chi connectivity index (χ2n) is 4.91. The van der Waals surface area contributed by atoms with Crippen LogP contribution in [-0.2, 0) is 4.74 Å². The third-order valence-corrected chi connectivity index (χ3v) is 3.81. The summed E-state index contributed by atoms with van der Waals surface area (Å²) in [4.78, 5) is 15.2. The summed E-state index contributed by atoms with van der Waals surface area (Å²) in [5, 5.41) is 9.80. The molecule has 0 aliphatic rings. The second kappa shape index (κ2) is 7.03. The van der Waals surface area contributed by atoms with Gasteiger partial charge >= 0.3 is 5.97 Å².